The van der Waals surface area contributed by atoms with Crippen molar-refractivity contribution in [2.45, 2.75) is 71.4 Å². The summed E-state index contributed by atoms with van der Waals surface area (Å²) in [7, 11) is -0.738. The van der Waals surface area contributed by atoms with Crippen LogP contribution in [-0.4, -0.2) is 36.5 Å². The van der Waals surface area contributed by atoms with Gasteiger partial charge in [0.1, 0.15) is 0 Å². The Kier molecular flexibility index (Phi) is 14.0. The van der Waals surface area contributed by atoms with Crippen LogP contribution in [0.4, 0.5) is 0 Å². The third kappa shape index (κ3) is 22.5. The zero-order valence-electron chi connectivity index (χ0n) is 13.8. The van der Waals surface area contributed by atoms with Gasteiger partial charge in [-0.05, 0) is 12.8 Å². The van der Waals surface area contributed by atoms with Gasteiger partial charge in [-0.1, -0.05) is 45.4 Å². The monoisotopic (exact) mass is 329 g/mol. The molecule has 0 aliphatic carbocycles. The van der Waals surface area contributed by atoms with Crippen molar-refractivity contribution < 1.29 is 38.5 Å². The van der Waals surface area contributed by atoms with Crippen LogP contribution in [0.2, 0.25) is 0 Å². The summed E-state index contributed by atoms with van der Waals surface area (Å²) < 4.78 is 34.7. The molecular formula is C14H32ClNO5. The molecule has 130 valence electrons. The minimum Gasteiger partial charge on any atom is -0.345 e. The molecule has 21 heavy (non-hydrogen) atoms. The van der Waals surface area contributed by atoms with Crippen LogP contribution < -0.4 is 18.6 Å². The number of unbranched alkanes of at least 4 members (excludes halogenated alkanes) is 7. The Bertz CT molecular complexity index is 226. The average Bonchev–Trinajstić information content (AvgIpc) is 2.30. The Morgan fingerprint density at radius 2 is 1.19 bits per heavy atom. The van der Waals surface area contributed by atoms with Crippen LogP contribution in [0, 0.1) is 10.2 Å². The summed E-state index contributed by atoms with van der Waals surface area (Å²) in [6, 6.07) is 0. The molecule has 0 heterocycles. The van der Waals surface area contributed by atoms with E-state index in [1.807, 2.05) is 6.92 Å². The van der Waals surface area contributed by atoms with Gasteiger partial charge in [0.25, 0.3) is 0 Å². The maximum atomic E-state index is 9.55. The molecular weight excluding hydrogens is 298 g/mol. The van der Waals surface area contributed by atoms with Crippen LogP contribution in [0.25, 0.3) is 0 Å². The van der Waals surface area contributed by atoms with Crippen molar-refractivity contribution in [2.24, 2.45) is 0 Å². The first-order valence-electron chi connectivity index (χ1n) is 7.63. The SMILES string of the molecule is CCCCCCCCCC[N+](C)(C)C(C)O.[O-][Cl+3]([O-])([O-])[O-]. The molecule has 0 radical (unpaired) electrons. The van der Waals surface area contributed by atoms with E-state index < -0.39 is 10.2 Å². The van der Waals surface area contributed by atoms with Crippen molar-refractivity contribution in [2.75, 3.05) is 20.6 Å². The lowest BCUT2D eigenvalue weighted by atomic mass is 10.1. The Hall–Kier alpha value is 0.0500. The summed E-state index contributed by atoms with van der Waals surface area (Å²) >= 11 is 0. The normalized spacial score (nSPS) is 13.6. The number of rotatable bonds is 10. The zero-order valence-corrected chi connectivity index (χ0v) is 14.6. The second-order valence-electron chi connectivity index (χ2n) is 5.99. The van der Waals surface area contributed by atoms with Crippen molar-refractivity contribution in [3.05, 3.63) is 0 Å². The van der Waals surface area contributed by atoms with Crippen molar-refractivity contribution >= 4 is 0 Å². The van der Waals surface area contributed by atoms with Crippen molar-refractivity contribution in [3.63, 3.8) is 0 Å². The first-order chi connectivity index (χ1) is 9.50. The molecule has 1 atom stereocenters. The molecule has 6 nitrogen and oxygen atoms in total. The molecule has 0 rings (SSSR count). The summed E-state index contributed by atoms with van der Waals surface area (Å²) in [4.78, 5) is 0. The third-order valence-electron chi connectivity index (χ3n) is 3.60. The minimum atomic E-state index is -4.94. The van der Waals surface area contributed by atoms with Gasteiger partial charge >= 0.3 is 0 Å². The van der Waals surface area contributed by atoms with Gasteiger partial charge in [-0.3, -0.25) is 0 Å². The number of hydrogen-bond donors (Lipinski definition) is 1. The molecule has 0 aromatic rings. The molecule has 0 saturated carbocycles. The second kappa shape index (κ2) is 12.6. The van der Waals surface area contributed by atoms with Gasteiger partial charge in [-0.25, -0.2) is 18.6 Å². The fraction of sp³-hybridized carbons (Fsp3) is 1.00. The number of aliphatic hydroxyl groups is 1. The van der Waals surface area contributed by atoms with E-state index in [9.17, 15) is 5.11 Å². The van der Waals surface area contributed by atoms with Crippen molar-refractivity contribution in [1.29, 1.82) is 0 Å². The highest BCUT2D eigenvalue weighted by atomic mass is 35.7. The summed E-state index contributed by atoms with van der Waals surface area (Å²) in [6.45, 7) is 5.23. The fourth-order valence-electron chi connectivity index (χ4n) is 1.84. The van der Waals surface area contributed by atoms with Crippen LogP contribution in [0.5, 0.6) is 0 Å². The minimum absolute atomic E-state index is 0.246. The molecule has 1 N–H and O–H groups in total. The first kappa shape index (κ1) is 23.3. The summed E-state index contributed by atoms with van der Waals surface area (Å²) in [6.07, 6.45) is 10.6. The van der Waals surface area contributed by atoms with Crippen LogP contribution in [0.1, 0.15) is 65.2 Å². The summed E-state index contributed by atoms with van der Waals surface area (Å²) in [5, 5.41) is 9.55. The van der Waals surface area contributed by atoms with Gasteiger partial charge in [-0.15, -0.1) is 10.2 Å². The quantitative estimate of drug-likeness (QED) is 0.307. The Morgan fingerprint density at radius 1 is 0.857 bits per heavy atom. The van der Waals surface area contributed by atoms with Gasteiger partial charge < -0.3 is 9.59 Å². The lowest BCUT2D eigenvalue weighted by Crippen LogP contribution is -2.68. The van der Waals surface area contributed by atoms with Crippen LogP contribution in [0.15, 0.2) is 0 Å². The van der Waals surface area contributed by atoms with E-state index in [0.717, 1.165) is 11.0 Å². The van der Waals surface area contributed by atoms with Crippen molar-refractivity contribution in [3.8, 4) is 0 Å². The van der Waals surface area contributed by atoms with Gasteiger partial charge in [0.2, 0.25) is 0 Å². The first-order valence-corrected chi connectivity index (χ1v) is 8.86. The lowest BCUT2D eigenvalue weighted by molar-refractivity contribution is -2.00. The van der Waals surface area contributed by atoms with Gasteiger partial charge in [0.15, 0.2) is 6.23 Å². The predicted molar refractivity (Wildman–Crippen MR) is 71.3 cm³/mol. The van der Waals surface area contributed by atoms with Crippen LogP contribution in [0.3, 0.4) is 0 Å². The van der Waals surface area contributed by atoms with Crippen LogP contribution in [-0.2, 0) is 0 Å². The molecule has 0 aromatic heterocycles. The third-order valence-corrected chi connectivity index (χ3v) is 3.60. The molecule has 1 unspecified atom stereocenters. The summed E-state index contributed by atoms with van der Waals surface area (Å²) in [5.74, 6) is 0. The second-order valence-corrected chi connectivity index (χ2v) is 6.74. The maximum Gasteiger partial charge on any atom is 0.187 e. The topological polar surface area (TPSA) is 112 Å². The summed E-state index contributed by atoms with van der Waals surface area (Å²) in [5.41, 5.74) is 0. The smallest absolute Gasteiger partial charge is 0.187 e. The largest absolute Gasteiger partial charge is 0.345 e. The van der Waals surface area contributed by atoms with E-state index in [-0.39, 0.29) is 6.23 Å². The van der Waals surface area contributed by atoms with E-state index in [1.54, 1.807) is 0 Å². The molecule has 0 amide bonds. The highest BCUT2D eigenvalue weighted by molar-refractivity contribution is 4.46. The highest BCUT2D eigenvalue weighted by Crippen LogP contribution is 2.11. The van der Waals surface area contributed by atoms with E-state index in [1.165, 1.54) is 51.4 Å². The number of hydrogen-bond acceptors (Lipinski definition) is 5. The van der Waals surface area contributed by atoms with Gasteiger partial charge in [0, 0.05) is 6.92 Å². The van der Waals surface area contributed by atoms with Gasteiger partial charge in [-0.2, -0.15) is 0 Å². The molecule has 7 heteroatoms. The van der Waals surface area contributed by atoms with Crippen molar-refractivity contribution in [1.82, 2.24) is 0 Å². The Morgan fingerprint density at radius 3 is 1.52 bits per heavy atom. The molecule has 0 aliphatic heterocycles. The Balaban J connectivity index is 0. The van der Waals surface area contributed by atoms with Gasteiger partial charge in [0.05, 0.1) is 20.6 Å². The highest BCUT2D eigenvalue weighted by Gasteiger charge is 2.19. The molecule has 0 fully saturated rings. The van der Waals surface area contributed by atoms with E-state index in [0.29, 0.717) is 0 Å². The number of aliphatic hydroxyl groups excluding tert-OH is 1. The zero-order chi connectivity index (χ0) is 16.9. The number of quaternary nitrogens is 1. The van der Waals surface area contributed by atoms with E-state index in [2.05, 4.69) is 21.0 Å². The van der Waals surface area contributed by atoms with E-state index >= 15 is 0 Å². The fourth-order valence-corrected chi connectivity index (χ4v) is 1.84. The lowest BCUT2D eigenvalue weighted by Gasteiger charge is -2.32. The maximum absolute atomic E-state index is 9.55. The van der Waals surface area contributed by atoms with Crippen LogP contribution >= 0.6 is 0 Å². The number of nitrogens with zero attached hydrogens (tertiary/aromatic N) is 1. The molecule has 0 saturated heterocycles. The molecule has 0 spiro atoms. The average molecular weight is 330 g/mol. The number of halogens is 1. The van der Waals surface area contributed by atoms with E-state index in [4.69, 9.17) is 18.6 Å². The molecule has 0 aromatic carbocycles. The standard InChI is InChI=1S/C14H32NO.ClHO4/c1-5-6-7-8-9-10-11-12-13-15(3,4)14(2)16;2-1(3,4)5/h14,16H,5-13H2,1-4H3;(H,2,3,4,5)/q+1;/p-1. The predicted octanol–water partition coefficient (Wildman–Crippen LogP) is -1.21. The molecule has 0 bridgehead atoms. The molecule has 0 aliphatic rings. The Labute approximate surface area is 131 Å².